The van der Waals surface area contributed by atoms with Gasteiger partial charge in [0.2, 0.25) is 0 Å². The van der Waals surface area contributed by atoms with Crippen molar-refractivity contribution in [2.45, 2.75) is 0 Å². The van der Waals surface area contributed by atoms with Gasteiger partial charge in [0.15, 0.2) is 0 Å². The van der Waals surface area contributed by atoms with Gasteiger partial charge in [0.25, 0.3) is 0 Å². The van der Waals surface area contributed by atoms with Crippen LogP contribution in [0.5, 0.6) is 0 Å². The summed E-state index contributed by atoms with van der Waals surface area (Å²) in [5.41, 5.74) is 0. The molecular weight excluding hydrogens is 200 g/mol. The summed E-state index contributed by atoms with van der Waals surface area (Å²) < 4.78 is 41.7. The molecule has 1 aliphatic heterocycles. The van der Waals surface area contributed by atoms with Crippen molar-refractivity contribution in [3.05, 3.63) is 22.9 Å². The molecule has 0 aromatic carbocycles. The lowest BCUT2D eigenvalue weighted by atomic mass is 10.4. The Hall–Kier alpha value is -0.920. The summed E-state index contributed by atoms with van der Waals surface area (Å²) >= 11 is 0. The summed E-state index contributed by atoms with van der Waals surface area (Å²) in [5.74, 6) is 0. The molecule has 1 N–H and O–H groups in total. The van der Waals surface area contributed by atoms with E-state index in [2.05, 4.69) is 5.32 Å². The molecule has 0 aliphatic carbocycles. The zero-order valence-corrected chi connectivity index (χ0v) is 7.68. The van der Waals surface area contributed by atoms with Gasteiger partial charge in [0.05, 0.1) is 10.6 Å². The maximum atomic E-state index is 10.4. The van der Waals surface area contributed by atoms with Crippen LogP contribution in [-0.2, 0) is 18.3 Å². The Bertz CT molecular complexity index is 372. The fourth-order valence-corrected chi connectivity index (χ4v) is 1.77. The summed E-state index contributed by atoms with van der Waals surface area (Å²) in [4.78, 5) is 0. The standard InChI is InChI=1S/C5H5NO4P2/c7-11(8)4-1-5(12(9)10)3-6-2-4/h1-2,6H,3H2. The first-order valence-corrected chi connectivity index (χ1v) is 5.39. The lowest BCUT2D eigenvalue weighted by Crippen LogP contribution is -2.11. The Morgan fingerprint density at radius 1 is 1.17 bits per heavy atom. The second-order valence-corrected chi connectivity index (χ2v) is 4.22. The normalized spacial score (nSPS) is 15.7. The van der Waals surface area contributed by atoms with E-state index in [0.717, 1.165) is 6.08 Å². The number of hydrogen-bond donors (Lipinski definition) is 1. The van der Waals surface area contributed by atoms with Crippen molar-refractivity contribution in [2.24, 2.45) is 0 Å². The van der Waals surface area contributed by atoms with Crippen LogP contribution < -0.4 is 5.32 Å². The number of rotatable bonds is 2. The van der Waals surface area contributed by atoms with E-state index in [0.29, 0.717) is 0 Å². The van der Waals surface area contributed by atoms with Crippen molar-refractivity contribution in [2.75, 3.05) is 6.54 Å². The minimum atomic E-state index is -2.72. The molecule has 0 aromatic rings. The van der Waals surface area contributed by atoms with Gasteiger partial charge in [-0.2, -0.15) is 0 Å². The number of nitrogens with one attached hydrogen (secondary N) is 1. The quantitative estimate of drug-likeness (QED) is 0.693. The zero-order chi connectivity index (χ0) is 9.14. The highest BCUT2D eigenvalue weighted by Gasteiger charge is 2.11. The summed E-state index contributed by atoms with van der Waals surface area (Å²) in [6.45, 7) is 0.158. The van der Waals surface area contributed by atoms with Crippen molar-refractivity contribution in [1.82, 2.24) is 5.32 Å². The monoisotopic (exact) mass is 205 g/mol. The highest BCUT2D eigenvalue weighted by molar-refractivity contribution is 7.38. The summed E-state index contributed by atoms with van der Waals surface area (Å²) in [7, 11) is -5.39. The zero-order valence-electron chi connectivity index (χ0n) is 5.89. The van der Waals surface area contributed by atoms with E-state index in [1.54, 1.807) is 0 Å². The van der Waals surface area contributed by atoms with Gasteiger partial charge in [0.1, 0.15) is 0 Å². The molecule has 1 aliphatic rings. The van der Waals surface area contributed by atoms with Gasteiger partial charge in [-0.3, -0.25) is 0 Å². The molecule has 0 spiro atoms. The molecular formula is C5H5NO4P2. The summed E-state index contributed by atoms with van der Waals surface area (Å²) in [5, 5.41) is 2.63. The van der Waals surface area contributed by atoms with E-state index in [1.165, 1.54) is 6.20 Å². The minimum Gasteiger partial charge on any atom is -0.385 e. The van der Waals surface area contributed by atoms with E-state index in [4.69, 9.17) is 0 Å². The Labute approximate surface area is 69.2 Å². The van der Waals surface area contributed by atoms with Gasteiger partial charge < -0.3 is 5.32 Å². The van der Waals surface area contributed by atoms with Crippen molar-refractivity contribution < 1.29 is 18.3 Å². The topological polar surface area (TPSA) is 80.3 Å². The van der Waals surface area contributed by atoms with Gasteiger partial charge in [-0.25, -0.2) is 18.3 Å². The van der Waals surface area contributed by atoms with Crippen molar-refractivity contribution in [3.63, 3.8) is 0 Å². The number of dihydropyridines is 1. The van der Waals surface area contributed by atoms with Gasteiger partial charge in [-0.05, 0) is 6.08 Å². The molecule has 12 heavy (non-hydrogen) atoms. The summed E-state index contributed by atoms with van der Waals surface area (Å²) in [6, 6.07) is 0. The molecule has 0 saturated heterocycles. The lowest BCUT2D eigenvalue weighted by Gasteiger charge is -2.04. The Morgan fingerprint density at radius 2 is 1.83 bits per heavy atom. The molecule has 0 atom stereocenters. The second-order valence-electron chi connectivity index (χ2n) is 2.10. The SMILES string of the molecule is O=P(=O)C1=CNCC(P(=O)=O)=C1. The highest BCUT2D eigenvalue weighted by Crippen LogP contribution is 2.29. The number of hydrogen-bond acceptors (Lipinski definition) is 5. The van der Waals surface area contributed by atoms with Crippen molar-refractivity contribution in [3.8, 4) is 0 Å². The second kappa shape index (κ2) is 3.65. The van der Waals surface area contributed by atoms with E-state index in [1.807, 2.05) is 0 Å². The highest BCUT2D eigenvalue weighted by atomic mass is 31.1. The van der Waals surface area contributed by atoms with Crippen LogP contribution in [0.25, 0.3) is 0 Å². The predicted molar refractivity (Wildman–Crippen MR) is 40.8 cm³/mol. The van der Waals surface area contributed by atoms with Crippen LogP contribution in [0.3, 0.4) is 0 Å². The first kappa shape index (κ1) is 9.17. The van der Waals surface area contributed by atoms with Gasteiger partial charge in [-0.15, -0.1) is 0 Å². The molecule has 1 rings (SSSR count). The maximum Gasteiger partial charge on any atom is 0.350 e. The molecule has 0 aromatic heterocycles. The molecule has 0 bridgehead atoms. The Morgan fingerprint density at radius 3 is 2.33 bits per heavy atom. The fourth-order valence-electron chi connectivity index (χ4n) is 0.746. The third kappa shape index (κ3) is 2.03. The Balaban J connectivity index is 3.04. The van der Waals surface area contributed by atoms with Gasteiger partial charge in [-0.1, -0.05) is 0 Å². The van der Waals surface area contributed by atoms with Crippen LogP contribution in [0.1, 0.15) is 0 Å². The van der Waals surface area contributed by atoms with Crippen LogP contribution in [0.15, 0.2) is 22.9 Å². The largest absolute Gasteiger partial charge is 0.385 e. The minimum absolute atomic E-state index is 0.00884. The molecule has 7 heteroatoms. The van der Waals surface area contributed by atoms with Crippen LogP contribution >= 0.6 is 15.4 Å². The molecule has 0 unspecified atom stereocenters. The van der Waals surface area contributed by atoms with Crippen molar-refractivity contribution >= 4 is 15.4 Å². The van der Waals surface area contributed by atoms with Crippen molar-refractivity contribution in [1.29, 1.82) is 0 Å². The molecule has 64 valence electrons. The molecule has 0 amide bonds. The van der Waals surface area contributed by atoms with E-state index >= 15 is 0 Å². The average molecular weight is 205 g/mol. The van der Waals surface area contributed by atoms with Crippen LogP contribution in [0.4, 0.5) is 0 Å². The molecule has 0 radical (unpaired) electrons. The van der Waals surface area contributed by atoms with Crippen LogP contribution in [-0.4, -0.2) is 6.54 Å². The molecule has 1 heterocycles. The predicted octanol–water partition coefficient (Wildman–Crippen LogP) is 1.66. The first-order chi connectivity index (χ1) is 5.61. The Kier molecular flexibility index (Phi) is 2.79. The smallest absolute Gasteiger partial charge is 0.350 e. The molecule has 5 nitrogen and oxygen atoms in total. The van der Waals surface area contributed by atoms with Crippen LogP contribution in [0, 0.1) is 0 Å². The third-order valence-corrected chi connectivity index (χ3v) is 2.73. The molecule has 0 fully saturated rings. The van der Waals surface area contributed by atoms with E-state index in [9.17, 15) is 18.3 Å². The molecule has 0 saturated carbocycles. The first-order valence-electron chi connectivity index (χ1n) is 3.04. The third-order valence-electron chi connectivity index (χ3n) is 1.29. The summed E-state index contributed by atoms with van der Waals surface area (Å²) in [6.07, 6.45) is 2.42. The van der Waals surface area contributed by atoms with Gasteiger partial charge in [0, 0.05) is 12.7 Å². The lowest BCUT2D eigenvalue weighted by molar-refractivity contribution is 0.519. The number of allylic oxidation sites excluding steroid dienone is 2. The van der Waals surface area contributed by atoms with E-state index in [-0.39, 0.29) is 17.2 Å². The van der Waals surface area contributed by atoms with Crippen LogP contribution in [0.2, 0.25) is 0 Å². The fraction of sp³-hybridized carbons (Fsp3) is 0.200. The average Bonchev–Trinajstić information content (AvgIpc) is 2.04. The van der Waals surface area contributed by atoms with Gasteiger partial charge >= 0.3 is 15.4 Å². The maximum absolute atomic E-state index is 10.4. The van der Waals surface area contributed by atoms with E-state index < -0.39 is 15.4 Å².